The summed E-state index contributed by atoms with van der Waals surface area (Å²) in [4.78, 5) is 43.0. The van der Waals surface area contributed by atoms with Crippen molar-refractivity contribution in [3.63, 3.8) is 0 Å². The lowest BCUT2D eigenvalue weighted by atomic mass is 9.96. The van der Waals surface area contributed by atoms with Crippen LogP contribution in [0.15, 0.2) is 54.6 Å². The van der Waals surface area contributed by atoms with Crippen LogP contribution in [0.4, 0.5) is 0 Å². The van der Waals surface area contributed by atoms with Gasteiger partial charge in [0.25, 0.3) is 11.8 Å². The van der Waals surface area contributed by atoms with E-state index in [0.717, 1.165) is 0 Å². The average molecular weight is 484 g/mol. The first-order chi connectivity index (χ1) is 16.3. The fourth-order valence-corrected chi connectivity index (χ4v) is 4.79. The summed E-state index contributed by atoms with van der Waals surface area (Å²) in [6.45, 7) is 5.47. The fourth-order valence-electron chi connectivity index (χ4n) is 4.57. The Morgan fingerprint density at radius 3 is 2.32 bits per heavy atom. The molecule has 0 aliphatic carbocycles. The number of nitrogens with zero attached hydrogens (tertiary/aromatic N) is 2. The molecule has 1 N–H and O–H groups in total. The van der Waals surface area contributed by atoms with Crippen LogP contribution in [0.5, 0.6) is 0 Å². The molecule has 2 aromatic rings. The third-order valence-corrected chi connectivity index (χ3v) is 6.75. The molecule has 0 bridgehead atoms. The zero-order valence-electron chi connectivity index (χ0n) is 19.5. The Hall–Kier alpha value is -2.90. The highest BCUT2D eigenvalue weighted by molar-refractivity contribution is 6.33. The van der Waals surface area contributed by atoms with Gasteiger partial charge in [0, 0.05) is 38.0 Å². The smallest absolute Gasteiger partial charge is 0.256 e. The lowest BCUT2D eigenvalue weighted by molar-refractivity contribution is -0.128. The second-order valence-corrected chi connectivity index (χ2v) is 9.63. The highest BCUT2D eigenvalue weighted by Gasteiger charge is 2.54. The Bertz CT molecular complexity index is 1050. The van der Waals surface area contributed by atoms with Gasteiger partial charge in [0.2, 0.25) is 5.91 Å². The Kier molecular flexibility index (Phi) is 7.24. The molecule has 0 aromatic heterocycles. The quantitative estimate of drug-likeness (QED) is 0.705. The molecule has 2 saturated heterocycles. The number of amides is 3. The number of halogens is 1. The van der Waals surface area contributed by atoms with E-state index in [1.165, 1.54) is 0 Å². The first kappa shape index (κ1) is 24.2. The largest absolute Gasteiger partial charge is 0.354 e. The van der Waals surface area contributed by atoms with Crippen LogP contribution in [0, 0.1) is 5.92 Å². The summed E-state index contributed by atoms with van der Waals surface area (Å²) in [6.07, 6.45) is 0.825. The average Bonchev–Trinajstić information content (AvgIpc) is 3.21. The molecule has 2 fully saturated rings. The minimum atomic E-state index is -0.940. The molecule has 2 aliphatic heterocycles. The van der Waals surface area contributed by atoms with Crippen molar-refractivity contribution in [2.24, 2.45) is 5.92 Å². The van der Waals surface area contributed by atoms with Crippen molar-refractivity contribution in [2.45, 2.75) is 38.5 Å². The van der Waals surface area contributed by atoms with Gasteiger partial charge in [-0.3, -0.25) is 19.3 Å². The number of benzene rings is 2. The van der Waals surface area contributed by atoms with Gasteiger partial charge in [0.1, 0.15) is 11.8 Å². The third-order valence-electron chi connectivity index (χ3n) is 6.42. The lowest BCUT2D eigenvalue weighted by Gasteiger charge is -2.44. The number of nitrogens with one attached hydrogen (secondary N) is 1. The van der Waals surface area contributed by atoms with E-state index >= 15 is 0 Å². The zero-order valence-corrected chi connectivity index (χ0v) is 20.3. The SMILES string of the molecule is CC(C)CNC(=O)[C@H]1COC2(CCN(C(=O)c3ccccc3Cl)CC2)N1C(=O)c1ccccc1. The number of hydrogen-bond donors (Lipinski definition) is 1. The van der Waals surface area contributed by atoms with Gasteiger partial charge in [-0.15, -0.1) is 0 Å². The van der Waals surface area contributed by atoms with Crippen LogP contribution in [0.1, 0.15) is 47.4 Å². The maximum absolute atomic E-state index is 13.6. The second-order valence-electron chi connectivity index (χ2n) is 9.23. The van der Waals surface area contributed by atoms with E-state index in [1.54, 1.807) is 58.3 Å². The van der Waals surface area contributed by atoms with Crippen molar-refractivity contribution in [1.82, 2.24) is 15.1 Å². The van der Waals surface area contributed by atoms with E-state index in [0.29, 0.717) is 48.6 Å². The summed E-state index contributed by atoms with van der Waals surface area (Å²) in [5.41, 5.74) is 0.0172. The molecular formula is C26H30ClN3O4. The van der Waals surface area contributed by atoms with Gasteiger partial charge in [0.05, 0.1) is 17.2 Å². The topological polar surface area (TPSA) is 79.0 Å². The van der Waals surface area contributed by atoms with E-state index < -0.39 is 11.8 Å². The molecule has 7 nitrogen and oxygen atoms in total. The van der Waals surface area contributed by atoms with Gasteiger partial charge < -0.3 is 15.0 Å². The Labute approximate surface area is 205 Å². The number of rotatable bonds is 5. The van der Waals surface area contributed by atoms with Crippen LogP contribution in [0.2, 0.25) is 5.02 Å². The van der Waals surface area contributed by atoms with E-state index in [4.69, 9.17) is 16.3 Å². The molecule has 2 aliphatic rings. The fraction of sp³-hybridized carbons (Fsp3) is 0.423. The van der Waals surface area contributed by atoms with Crippen LogP contribution in [-0.2, 0) is 9.53 Å². The van der Waals surface area contributed by atoms with Gasteiger partial charge in [-0.1, -0.05) is 55.8 Å². The molecule has 1 spiro atoms. The summed E-state index contributed by atoms with van der Waals surface area (Å²) in [5.74, 6) is -0.318. The van der Waals surface area contributed by atoms with Gasteiger partial charge in [-0.05, 0) is 30.2 Å². The number of carbonyl (C=O) groups excluding carboxylic acids is 3. The van der Waals surface area contributed by atoms with Gasteiger partial charge in [0.15, 0.2) is 0 Å². The molecule has 2 aromatic carbocycles. The molecule has 0 saturated carbocycles. The number of likely N-dealkylation sites (tertiary alicyclic amines) is 1. The molecule has 3 amide bonds. The van der Waals surface area contributed by atoms with Gasteiger partial charge >= 0.3 is 0 Å². The minimum absolute atomic E-state index is 0.126. The first-order valence-electron chi connectivity index (χ1n) is 11.7. The van der Waals surface area contributed by atoms with Crippen LogP contribution in [0.25, 0.3) is 0 Å². The highest BCUT2D eigenvalue weighted by Crippen LogP contribution is 2.39. The summed E-state index contributed by atoms with van der Waals surface area (Å²) >= 11 is 6.23. The van der Waals surface area contributed by atoms with Crippen LogP contribution >= 0.6 is 11.6 Å². The monoisotopic (exact) mass is 483 g/mol. The van der Waals surface area contributed by atoms with E-state index in [1.807, 2.05) is 19.9 Å². The molecular weight excluding hydrogens is 454 g/mol. The highest BCUT2D eigenvalue weighted by atomic mass is 35.5. The van der Waals surface area contributed by atoms with Crippen molar-refractivity contribution < 1.29 is 19.1 Å². The Balaban J connectivity index is 1.56. The number of carbonyl (C=O) groups is 3. The van der Waals surface area contributed by atoms with E-state index in [9.17, 15) is 14.4 Å². The molecule has 34 heavy (non-hydrogen) atoms. The van der Waals surface area contributed by atoms with Crippen molar-refractivity contribution in [3.8, 4) is 0 Å². The van der Waals surface area contributed by atoms with E-state index in [2.05, 4.69) is 5.32 Å². The van der Waals surface area contributed by atoms with Crippen LogP contribution < -0.4 is 5.32 Å². The first-order valence-corrected chi connectivity index (χ1v) is 12.0. The van der Waals surface area contributed by atoms with Crippen molar-refractivity contribution >= 4 is 29.3 Å². The number of piperidine rings is 1. The molecule has 0 radical (unpaired) electrons. The molecule has 4 rings (SSSR count). The lowest BCUT2D eigenvalue weighted by Crippen LogP contribution is -2.60. The predicted octanol–water partition coefficient (Wildman–Crippen LogP) is 3.59. The standard InChI is InChI=1S/C26H30ClN3O4/c1-18(2)16-28-23(31)22-17-34-26(30(22)24(32)19-8-4-3-5-9-19)12-14-29(15-13-26)25(33)20-10-6-7-11-21(20)27/h3-11,18,22H,12-17H2,1-2H3,(H,28,31)/t22-/m1/s1. The Morgan fingerprint density at radius 2 is 1.68 bits per heavy atom. The Morgan fingerprint density at radius 1 is 1.03 bits per heavy atom. The van der Waals surface area contributed by atoms with Gasteiger partial charge in [-0.2, -0.15) is 0 Å². The van der Waals surface area contributed by atoms with Crippen molar-refractivity contribution in [3.05, 3.63) is 70.7 Å². The zero-order chi connectivity index (χ0) is 24.3. The second kappa shape index (κ2) is 10.2. The molecule has 180 valence electrons. The molecule has 8 heteroatoms. The maximum atomic E-state index is 13.6. The normalized spacial score (nSPS) is 19.5. The van der Waals surface area contributed by atoms with Crippen molar-refractivity contribution in [2.75, 3.05) is 26.2 Å². The summed E-state index contributed by atoms with van der Waals surface area (Å²) in [6, 6.07) is 15.2. The predicted molar refractivity (Wildman–Crippen MR) is 130 cm³/mol. The number of ether oxygens (including phenoxy) is 1. The third kappa shape index (κ3) is 4.81. The van der Waals surface area contributed by atoms with Gasteiger partial charge in [-0.25, -0.2) is 0 Å². The van der Waals surface area contributed by atoms with Crippen LogP contribution in [0.3, 0.4) is 0 Å². The summed E-state index contributed by atoms with van der Waals surface area (Å²) in [7, 11) is 0. The minimum Gasteiger partial charge on any atom is -0.354 e. The molecule has 1 atom stereocenters. The molecule has 2 heterocycles. The summed E-state index contributed by atoms with van der Waals surface area (Å²) < 4.78 is 6.21. The summed E-state index contributed by atoms with van der Waals surface area (Å²) in [5, 5.41) is 3.35. The van der Waals surface area contributed by atoms with Crippen molar-refractivity contribution in [1.29, 1.82) is 0 Å². The van der Waals surface area contributed by atoms with E-state index in [-0.39, 0.29) is 30.2 Å². The number of hydrogen-bond acceptors (Lipinski definition) is 4. The maximum Gasteiger partial charge on any atom is 0.256 e. The molecule has 0 unspecified atom stereocenters. The van der Waals surface area contributed by atoms with Crippen LogP contribution in [-0.4, -0.2) is 65.5 Å².